The highest BCUT2D eigenvalue weighted by Gasteiger charge is 2.05. The van der Waals surface area contributed by atoms with Crippen molar-refractivity contribution in [3.8, 4) is 0 Å². The zero-order valence-electron chi connectivity index (χ0n) is 15.6. The molecule has 7 nitrogen and oxygen atoms in total. The molecule has 0 spiro atoms. The fourth-order valence-corrected chi connectivity index (χ4v) is 2.67. The third kappa shape index (κ3) is 5.90. The number of hydrogen-bond acceptors (Lipinski definition) is 4. The quantitative estimate of drug-likeness (QED) is 0.309. The van der Waals surface area contributed by atoms with Gasteiger partial charge in [0.1, 0.15) is 0 Å². The first-order chi connectivity index (χ1) is 12.8. The molecule has 0 amide bonds. The summed E-state index contributed by atoms with van der Waals surface area (Å²) in [4.78, 5) is 4.66. The molecule has 2 aromatic heterocycles. The number of benzene rings is 1. The van der Waals surface area contributed by atoms with Crippen molar-refractivity contribution in [1.29, 1.82) is 0 Å². The van der Waals surface area contributed by atoms with E-state index in [0.717, 1.165) is 35.1 Å². The van der Waals surface area contributed by atoms with Crippen LogP contribution in [0.1, 0.15) is 23.9 Å². The van der Waals surface area contributed by atoms with Gasteiger partial charge in [-0.15, -0.1) is 34.2 Å². The van der Waals surface area contributed by atoms with Crippen molar-refractivity contribution in [1.82, 2.24) is 25.2 Å². The molecule has 8 heteroatoms. The van der Waals surface area contributed by atoms with Gasteiger partial charge in [-0.05, 0) is 30.2 Å². The number of pyridine rings is 1. The highest BCUT2D eigenvalue weighted by molar-refractivity contribution is 14.0. The van der Waals surface area contributed by atoms with Gasteiger partial charge in [-0.2, -0.15) is 0 Å². The summed E-state index contributed by atoms with van der Waals surface area (Å²) in [5.41, 5.74) is 3.12. The van der Waals surface area contributed by atoms with Gasteiger partial charge in [-0.3, -0.25) is 4.40 Å². The molecule has 1 aromatic carbocycles. The van der Waals surface area contributed by atoms with Crippen molar-refractivity contribution in [2.75, 3.05) is 13.7 Å². The van der Waals surface area contributed by atoms with Crippen LogP contribution in [0.25, 0.3) is 5.65 Å². The first-order valence-corrected chi connectivity index (χ1v) is 8.67. The summed E-state index contributed by atoms with van der Waals surface area (Å²) >= 11 is 0. The predicted octanol–water partition coefficient (Wildman–Crippen LogP) is 2.75. The zero-order chi connectivity index (χ0) is 18.2. The molecule has 0 unspecified atom stereocenters. The van der Waals surface area contributed by atoms with Crippen LogP contribution >= 0.6 is 24.0 Å². The van der Waals surface area contributed by atoms with Gasteiger partial charge < -0.3 is 15.4 Å². The number of hydrogen-bond donors (Lipinski definition) is 2. The maximum Gasteiger partial charge on any atom is 0.191 e. The topological polar surface area (TPSA) is 75.8 Å². The van der Waals surface area contributed by atoms with E-state index < -0.39 is 0 Å². The molecule has 0 fully saturated rings. The van der Waals surface area contributed by atoms with Crippen LogP contribution in [-0.4, -0.2) is 34.2 Å². The SMILES string of the molecule is CCNC(=NCc1cccc(COC)c1)NCc1nnc2ccccn12.I. The average Bonchev–Trinajstić information content (AvgIpc) is 3.08. The van der Waals surface area contributed by atoms with Crippen LogP contribution in [0.5, 0.6) is 0 Å². The van der Waals surface area contributed by atoms with E-state index in [1.54, 1.807) is 7.11 Å². The summed E-state index contributed by atoms with van der Waals surface area (Å²) in [6.07, 6.45) is 1.96. The minimum Gasteiger partial charge on any atom is -0.380 e. The summed E-state index contributed by atoms with van der Waals surface area (Å²) in [6.45, 7) is 4.57. The Bertz CT molecular complexity index is 879. The minimum absolute atomic E-state index is 0. The largest absolute Gasteiger partial charge is 0.380 e. The van der Waals surface area contributed by atoms with E-state index in [1.807, 2.05) is 41.8 Å². The summed E-state index contributed by atoms with van der Waals surface area (Å²) in [6, 6.07) is 14.1. The number of ether oxygens (including phenoxy) is 1. The molecular weight excluding hydrogens is 455 g/mol. The van der Waals surface area contributed by atoms with E-state index in [9.17, 15) is 0 Å². The molecule has 0 aliphatic rings. The van der Waals surface area contributed by atoms with Crippen LogP contribution in [0.4, 0.5) is 0 Å². The molecule has 2 N–H and O–H groups in total. The number of nitrogens with zero attached hydrogens (tertiary/aromatic N) is 4. The monoisotopic (exact) mass is 480 g/mol. The van der Waals surface area contributed by atoms with Gasteiger partial charge in [0.05, 0.1) is 19.7 Å². The third-order valence-corrected chi connectivity index (χ3v) is 3.86. The molecule has 144 valence electrons. The van der Waals surface area contributed by atoms with Crippen LogP contribution in [0, 0.1) is 0 Å². The van der Waals surface area contributed by atoms with Crippen molar-refractivity contribution in [2.24, 2.45) is 4.99 Å². The van der Waals surface area contributed by atoms with E-state index in [1.165, 1.54) is 0 Å². The third-order valence-electron chi connectivity index (χ3n) is 3.86. The Morgan fingerprint density at radius 3 is 2.78 bits per heavy atom. The second-order valence-electron chi connectivity index (χ2n) is 5.85. The van der Waals surface area contributed by atoms with Gasteiger partial charge in [0.15, 0.2) is 17.4 Å². The Hall–Kier alpha value is -2.20. The van der Waals surface area contributed by atoms with Gasteiger partial charge in [0.2, 0.25) is 0 Å². The van der Waals surface area contributed by atoms with Crippen molar-refractivity contribution in [3.05, 3.63) is 65.6 Å². The first-order valence-electron chi connectivity index (χ1n) is 8.67. The smallest absolute Gasteiger partial charge is 0.191 e. The Labute approximate surface area is 176 Å². The molecule has 0 atom stereocenters. The van der Waals surface area contributed by atoms with Gasteiger partial charge in [0.25, 0.3) is 0 Å². The van der Waals surface area contributed by atoms with E-state index in [4.69, 9.17) is 4.74 Å². The van der Waals surface area contributed by atoms with Crippen LogP contribution in [0.3, 0.4) is 0 Å². The van der Waals surface area contributed by atoms with Crippen LogP contribution < -0.4 is 10.6 Å². The highest BCUT2D eigenvalue weighted by Crippen LogP contribution is 2.08. The number of methoxy groups -OCH3 is 1. The first kappa shape index (κ1) is 21.1. The lowest BCUT2D eigenvalue weighted by Gasteiger charge is -2.11. The van der Waals surface area contributed by atoms with Crippen molar-refractivity contribution in [3.63, 3.8) is 0 Å². The number of nitrogens with one attached hydrogen (secondary N) is 2. The molecule has 0 aliphatic carbocycles. The maximum absolute atomic E-state index is 5.19. The standard InChI is InChI=1S/C19H24N6O.HI/c1-3-20-19(21-12-15-7-6-8-16(11-15)14-26-2)22-13-18-24-23-17-9-4-5-10-25(17)18;/h4-11H,3,12-14H2,1-2H3,(H2,20,21,22);1H. The molecule has 2 heterocycles. The Morgan fingerprint density at radius 2 is 1.96 bits per heavy atom. The molecule has 0 aliphatic heterocycles. The molecule has 0 bridgehead atoms. The van der Waals surface area contributed by atoms with Crippen molar-refractivity contribution < 1.29 is 4.74 Å². The van der Waals surface area contributed by atoms with Gasteiger partial charge in [0, 0.05) is 19.9 Å². The zero-order valence-corrected chi connectivity index (χ0v) is 17.9. The normalized spacial score (nSPS) is 11.3. The number of guanidine groups is 1. The average molecular weight is 480 g/mol. The Kier molecular flexibility index (Phi) is 8.46. The number of aliphatic imine (C=N–C) groups is 1. The Morgan fingerprint density at radius 1 is 1.11 bits per heavy atom. The number of aromatic nitrogens is 3. The summed E-state index contributed by atoms with van der Waals surface area (Å²) in [7, 11) is 1.70. The van der Waals surface area contributed by atoms with E-state index >= 15 is 0 Å². The van der Waals surface area contributed by atoms with Crippen LogP contribution in [0.15, 0.2) is 53.7 Å². The number of fused-ring (bicyclic) bond motifs is 1. The summed E-state index contributed by atoms with van der Waals surface area (Å²) in [5.74, 6) is 1.59. The second kappa shape index (κ2) is 10.8. The molecule has 0 radical (unpaired) electrons. The molecule has 0 saturated heterocycles. The van der Waals surface area contributed by atoms with E-state index in [2.05, 4.69) is 44.0 Å². The number of rotatable bonds is 7. The summed E-state index contributed by atoms with van der Waals surface area (Å²) in [5, 5.41) is 15.0. The molecule has 0 saturated carbocycles. The van der Waals surface area contributed by atoms with Crippen molar-refractivity contribution >= 4 is 35.6 Å². The predicted molar refractivity (Wildman–Crippen MR) is 117 cm³/mol. The summed E-state index contributed by atoms with van der Waals surface area (Å²) < 4.78 is 7.15. The highest BCUT2D eigenvalue weighted by atomic mass is 127. The maximum atomic E-state index is 5.19. The van der Waals surface area contributed by atoms with E-state index in [0.29, 0.717) is 19.7 Å². The van der Waals surface area contributed by atoms with Crippen LogP contribution in [-0.2, 0) is 24.4 Å². The number of halogens is 1. The Balaban J connectivity index is 0.00000261. The van der Waals surface area contributed by atoms with Crippen molar-refractivity contribution in [2.45, 2.75) is 26.6 Å². The van der Waals surface area contributed by atoms with E-state index in [-0.39, 0.29) is 24.0 Å². The van der Waals surface area contributed by atoms with Crippen LogP contribution in [0.2, 0.25) is 0 Å². The molecular formula is C19H25IN6O. The minimum atomic E-state index is 0. The lowest BCUT2D eigenvalue weighted by atomic mass is 10.1. The second-order valence-corrected chi connectivity index (χ2v) is 5.85. The molecule has 3 aromatic rings. The fourth-order valence-electron chi connectivity index (χ4n) is 2.67. The van der Waals surface area contributed by atoms with Gasteiger partial charge >= 0.3 is 0 Å². The lowest BCUT2D eigenvalue weighted by molar-refractivity contribution is 0.185. The van der Waals surface area contributed by atoms with Gasteiger partial charge in [-0.25, -0.2) is 4.99 Å². The lowest BCUT2D eigenvalue weighted by Crippen LogP contribution is -2.37. The molecule has 3 rings (SSSR count). The van der Waals surface area contributed by atoms with Gasteiger partial charge in [-0.1, -0.05) is 30.3 Å². The molecule has 27 heavy (non-hydrogen) atoms. The fraction of sp³-hybridized carbons (Fsp3) is 0.316.